The lowest BCUT2D eigenvalue weighted by Gasteiger charge is -2.29. The lowest BCUT2D eigenvalue weighted by molar-refractivity contribution is -0.118. The number of fused-ring (bicyclic) bond motifs is 1. The Morgan fingerprint density at radius 3 is 2.38 bits per heavy atom. The summed E-state index contributed by atoms with van der Waals surface area (Å²) in [5, 5.41) is 2.83. The fraction of sp³-hybridized carbons (Fsp3) is 0.409. The predicted molar refractivity (Wildman–Crippen MR) is 110 cm³/mol. The van der Waals surface area contributed by atoms with Crippen molar-refractivity contribution in [2.75, 3.05) is 18.5 Å². The van der Waals surface area contributed by atoms with E-state index in [9.17, 15) is 13.2 Å². The van der Waals surface area contributed by atoms with Crippen molar-refractivity contribution < 1.29 is 22.7 Å². The summed E-state index contributed by atoms with van der Waals surface area (Å²) < 4.78 is 37.0. The molecule has 1 aliphatic heterocycles. The summed E-state index contributed by atoms with van der Waals surface area (Å²) in [7, 11) is -3.86. The molecule has 29 heavy (non-hydrogen) atoms. The van der Waals surface area contributed by atoms with E-state index in [0.717, 1.165) is 5.56 Å². The second-order valence-corrected chi connectivity index (χ2v) is 10.0. The molecule has 1 saturated carbocycles. The Morgan fingerprint density at radius 1 is 0.966 bits per heavy atom. The maximum absolute atomic E-state index is 13.7. The lowest BCUT2D eigenvalue weighted by atomic mass is 10.1. The van der Waals surface area contributed by atoms with E-state index in [2.05, 4.69) is 5.32 Å². The number of aryl methyl sites for hydroxylation is 2. The molecule has 2 aromatic carbocycles. The minimum Gasteiger partial charge on any atom is -0.486 e. The highest BCUT2D eigenvalue weighted by molar-refractivity contribution is 7.93. The van der Waals surface area contributed by atoms with E-state index in [-0.39, 0.29) is 4.90 Å². The minimum atomic E-state index is -3.86. The second kappa shape index (κ2) is 7.37. The van der Waals surface area contributed by atoms with E-state index in [0.29, 0.717) is 61.6 Å². The molecular formula is C22H25NO5S. The lowest BCUT2D eigenvalue weighted by Crippen LogP contribution is -2.47. The summed E-state index contributed by atoms with van der Waals surface area (Å²) >= 11 is 0. The summed E-state index contributed by atoms with van der Waals surface area (Å²) in [4.78, 5) is 13.6. The SMILES string of the molecule is Cc1ccc(C)c(S(=O)(=O)C2(C(=O)Nc3ccc4c(c3)OCCO4)CCCC2)c1. The van der Waals surface area contributed by atoms with E-state index in [1.54, 1.807) is 37.3 Å². The van der Waals surface area contributed by atoms with Gasteiger partial charge in [0, 0.05) is 11.8 Å². The smallest absolute Gasteiger partial charge is 0.246 e. The molecule has 0 bridgehead atoms. The van der Waals surface area contributed by atoms with Crippen molar-refractivity contribution in [2.45, 2.75) is 49.2 Å². The van der Waals surface area contributed by atoms with Crippen LogP contribution < -0.4 is 14.8 Å². The highest BCUT2D eigenvalue weighted by Gasteiger charge is 2.53. The van der Waals surface area contributed by atoms with Crippen LogP contribution in [0, 0.1) is 13.8 Å². The van der Waals surface area contributed by atoms with Crippen molar-refractivity contribution in [1.82, 2.24) is 0 Å². The zero-order valence-electron chi connectivity index (χ0n) is 16.7. The summed E-state index contributed by atoms with van der Waals surface area (Å²) in [6, 6.07) is 10.5. The topological polar surface area (TPSA) is 81.7 Å². The van der Waals surface area contributed by atoms with Gasteiger partial charge in [-0.15, -0.1) is 0 Å². The van der Waals surface area contributed by atoms with Gasteiger partial charge in [-0.3, -0.25) is 4.79 Å². The predicted octanol–water partition coefficient (Wildman–Crippen LogP) is 3.80. The molecule has 2 aliphatic rings. The fourth-order valence-electron chi connectivity index (χ4n) is 4.14. The van der Waals surface area contributed by atoms with Crippen LogP contribution in [0.25, 0.3) is 0 Å². The molecule has 6 nitrogen and oxygen atoms in total. The molecule has 0 radical (unpaired) electrons. The van der Waals surface area contributed by atoms with Crippen LogP contribution in [0.15, 0.2) is 41.3 Å². The first-order valence-electron chi connectivity index (χ1n) is 9.86. The number of sulfone groups is 1. The van der Waals surface area contributed by atoms with Gasteiger partial charge in [0.25, 0.3) is 0 Å². The van der Waals surface area contributed by atoms with E-state index in [4.69, 9.17) is 9.47 Å². The van der Waals surface area contributed by atoms with E-state index in [1.165, 1.54) is 0 Å². The maximum Gasteiger partial charge on any atom is 0.246 e. The number of nitrogens with one attached hydrogen (secondary N) is 1. The summed E-state index contributed by atoms with van der Waals surface area (Å²) in [5.74, 6) is 0.687. The second-order valence-electron chi connectivity index (χ2n) is 7.79. The van der Waals surface area contributed by atoms with Crippen LogP contribution in [-0.2, 0) is 14.6 Å². The van der Waals surface area contributed by atoms with Crippen LogP contribution in [0.3, 0.4) is 0 Å². The van der Waals surface area contributed by atoms with Crippen LogP contribution in [0.5, 0.6) is 11.5 Å². The molecule has 4 rings (SSSR count). The molecule has 1 heterocycles. The molecule has 1 aliphatic carbocycles. The Bertz CT molecular complexity index is 1050. The third-order valence-electron chi connectivity index (χ3n) is 5.77. The van der Waals surface area contributed by atoms with Crippen molar-refractivity contribution >= 4 is 21.4 Å². The van der Waals surface area contributed by atoms with Crippen molar-refractivity contribution in [3.8, 4) is 11.5 Å². The van der Waals surface area contributed by atoms with Crippen LogP contribution in [-0.4, -0.2) is 32.3 Å². The van der Waals surface area contributed by atoms with Gasteiger partial charge < -0.3 is 14.8 Å². The summed E-state index contributed by atoms with van der Waals surface area (Å²) in [6.07, 6.45) is 2.05. The molecule has 154 valence electrons. The van der Waals surface area contributed by atoms with E-state index in [1.807, 2.05) is 13.0 Å². The van der Waals surface area contributed by atoms with Crippen LogP contribution in [0.2, 0.25) is 0 Å². The number of benzene rings is 2. The van der Waals surface area contributed by atoms with Gasteiger partial charge in [0.15, 0.2) is 26.1 Å². The van der Waals surface area contributed by atoms with Gasteiger partial charge in [0.2, 0.25) is 5.91 Å². The summed E-state index contributed by atoms with van der Waals surface area (Å²) in [5.41, 5.74) is 2.02. The Labute approximate surface area is 171 Å². The Kier molecular flexibility index (Phi) is 5.02. The van der Waals surface area contributed by atoms with Gasteiger partial charge >= 0.3 is 0 Å². The number of hydrogen-bond donors (Lipinski definition) is 1. The molecule has 1 amide bonds. The van der Waals surface area contributed by atoms with Crippen molar-refractivity contribution in [2.24, 2.45) is 0 Å². The molecule has 0 atom stereocenters. The number of anilines is 1. The van der Waals surface area contributed by atoms with Crippen molar-refractivity contribution in [1.29, 1.82) is 0 Å². The van der Waals surface area contributed by atoms with E-state index >= 15 is 0 Å². The van der Waals surface area contributed by atoms with Crippen LogP contribution in [0.1, 0.15) is 36.8 Å². The number of ether oxygens (including phenoxy) is 2. The summed E-state index contributed by atoms with van der Waals surface area (Å²) in [6.45, 7) is 4.55. The fourth-order valence-corrected chi connectivity index (χ4v) is 6.51. The highest BCUT2D eigenvalue weighted by atomic mass is 32.2. The zero-order chi connectivity index (χ0) is 20.6. The number of amides is 1. The Morgan fingerprint density at radius 2 is 1.66 bits per heavy atom. The third-order valence-corrected chi connectivity index (χ3v) is 8.41. The molecule has 0 saturated heterocycles. The van der Waals surface area contributed by atoms with Crippen molar-refractivity contribution in [3.05, 3.63) is 47.5 Å². The molecule has 0 unspecified atom stereocenters. The average Bonchev–Trinajstić information content (AvgIpc) is 3.21. The minimum absolute atomic E-state index is 0.247. The average molecular weight is 416 g/mol. The number of carbonyl (C=O) groups is 1. The van der Waals surface area contributed by atoms with Gasteiger partial charge in [-0.2, -0.15) is 0 Å². The number of carbonyl (C=O) groups excluding carboxylic acids is 1. The van der Waals surface area contributed by atoms with Crippen LogP contribution in [0.4, 0.5) is 5.69 Å². The number of hydrogen-bond acceptors (Lipinski definition) is 5. The first kappa shape index (κ1) is 19.8. The van der Waals surface area contributed by atoms with Crippen molar-refractivity contribution in [3.63, 3.8) is 0 Å². The van der Waals surface area contributed by atoms with E-state index < -0.39 is 20.5 Å². The third kappa shape index (κ3) is 3.37. The first-order chi connectivity index (χ1) is 13.8. The molecule has 1 N–H and O–H groups in total. The maximum atomic E-state index is 13.7. The van der Waals surface area contributed by atoms with Gasteiger partial charge in [0.1, 0.15) is 13.2 Å². The van der Waals surface area contributed by atoms with Gasteiger partial charge in [-0.25, -0.2) is 8.42 Å². The monoisotopic (exact) mass is 415 g/mol. The zero-order valence-corrected chi connectivity index (χ0v) is 17.5. The number of rotatable bonds is 4. The molecule has 1 fully saturated rings. The molecule has 0 spiro atoms. The standard InChI is InChI=1S/C22H25NO5S/c1-15-5-6-16(2)20(13-15)29(25,26)22(9-3-4-10-22)21(24)23-17-7-8-18-19(14-17)28-12-11-27-18/h5-8,13-14H,3-4,9-12H2,1-2H3,(H,23,24). The molecule has 0 aromatic heterocycles. The van der Waals surface area contributed by atoms with Gasteiger partial charge in [-0.05, 0) is 56.0 Å². The van der Waals surface area contributed by atoms with Gasteiger partial charge in [-0.1, -0.05) is 25.0 Å². The normalized spacial score (nSPS) is 17.7. The quantitative estimate of drug-likeness (QED) is 0.821. The Hall–Kier alpha value is -2.54. The van der Waals surface area contributed by atoms with Gasteiger partial charge in [0.05, 0.1) is 4.90 Å². The largest absolute Gasteiger partial charge is 0.486 e. The first-order valence-corrected chi connectivity index (χ1v) is 11.3. The highest BCUT2D eigenvalue weighted by Crippen LogP contribution is 2.43. The Balaban J connectivity index is 1.69. The molecule has 7 heteroatoms. The molecular weight excluding hydrogens is 390 g/mol. The molecule has 2 aromatic rings. The van der Waals surface area contributed by atoms with Crippen LogP contribution >= 0.6 is 0 Å².